The fourth-order valence-corrected chi connectivity index (χ4v) is 2.33. The maximum Gasteiger partial charge on any atom is 0.469 e. The van der Waals surface area contributed by atoms with Crippen molar-refractivity contribution in [3.63, 3.8) is 0 Å². The molecule has 1 aliphatic heterocycles. The van der Waals surface area contributed by atoms with Gasteiger partial charge in [0.05, 0.1) is 13.7 Å². The lowest BCUT2D eigenvalue weighted by atomic mass is 10.1. The van der Waals surface area contributed by atoms with E-state index in [0.717, 1.165) is 15.5 Å². The van der Waals surface area contributed by atoms with E-state index < -0.39 is 50.3 Å². The van der Waals surface area contributed by atoms with Crippen LogP contribution in [0.5, 0.6) is 0 Å². The van der Waals surface area contributed by atoms with Gasteiger partial charge in [0.15, 0.2) is 6.33 Å². The molecule has 0 aliphatic carbocycles. The summed E-state index contributed by atoms with van der Waals surface area (Å²) in [5.74, 6) is 0. The highest BCUT2D eigenvalue weighted by molar-refractivity contribution is 7.46. The zero-order chi connectivity index (χ0) is 16.7. The maximum atomic E-state index is 11.9. The molecule has 0 unspecified atom stereocenters. The van der Waals surface area contributed by atoms with Gasteiger partial charge in [0.1, 0.15) is 18.3 Å². The number of phosphoric acid groups is 1. The van der Waals surface area contributed by atoms with Crippen LogP contribution in [0, 0.1) is 0 Å². The molecule has 0 spiro atoms. The molecule has 1 aromatic rings. The highest BCUT2D eigenvalue weighted by Gasteiger charge is 2.47. The molecule has 0 amide bonds. The minimum absolute atomic E-state index is 0.685. The summed E-state index contributed by atoms with van der Waals surface area (Å²) in [6, 6.07) is 0. The van der Waals surface area contributed by atoms with Crippen LogP contribution in [0.4, 0.5) is 0 Å². The molecule has 0 aromatic carbocycles. The molecule has 1 aromatic heterocycles. The molecule has 0 bridgehead atoms. The number of phosphoric ester groups is 1. The summed E-state index contributed by atoms with van der Waals surface area (Å²) < 4.78 is 21.6. The largest absolute Gasteiger partial charge is 0.469 e. The van der Waals surface area contributed by atoms with Crippen molar-refractivity contribution in [3.8, 4) is 0 Å². The van der Waals surface area contributed by atoms with Gasteiger partial charge >= 0.3 is 19.2 Å². The number of aromatic nitrogens is 3. The molecule has 2 heterocycles. The van der Waals surface area contributed by atoms with Crippen LogP contribution in [0.15, 0.2) is 15.9 Å². The number of hydrogen-bond acceptors (Lipinski definition) is 7. The number of rotatable bonds is 4. The van der Waals surface area contributed by atoms with Gasteiger partial charge in [-0.15, -0.1) is 0 Å². The Hall–Kier alpha value is -1.40. The van der Waals surface area contributed by atoms with E-state index in [1.165, 1.54) is 7.05 Å². The van der Waals surface area contributed by atoms with Crippen molar-refractivity contribution in [2.24, 2.45) is 7.05 Å². The minimum Gasteiger partial charge on any atom is -0.387 e. The van der Waals surface area contributed by atoms with Crippen LogP contribution in [-0.2, 0) is 20.9 Å². The van der Waals surface area contributed by atoms with E-state index in [-0.39, 0.29) is 0 Å². The van der Waals surface area contributed by atoms with Gasteiger partial charge in [-0.05, 0) is 0 Å². The van der Waals surface area contributed by atoms with E-state index in [1.54, 1.807) is 0 Å². The SMILES string of the molecule is Cn1c(=O)[nH]c[n+]([C@@H]2O[C@H](COP(=O)(O)O)[C@@H](O)[C@H]2O)c1=O. The summed E-state index contributed by atoms with van der Waals surface area (Å²) in [6.07, 6.45) is -4.75. The van der Waals surface area contributed by atoms with Crippen LogP contribution >= 0.6 is 7.82 Å². The summed E-state index contributed by atoms with van der Waals surface area (Å²) >= 11 is 0. The van der Waals surface area contributed by atoms with Crippen LogP contribution in [0.25, 0.3) is 0 Å². The fraction of sp³-hybridized carbons (Fsp3) is 0.667. The predicted octanol–water partition coefficient (Wildman–Crippen LogP) is -3.91. The topological polar surface area (TPSA) is 175 Å². The Morgan fingerprint density at radius 2 is 2.05 bits per heavy atom. The quantitative estimate of drug-likeness (QED) is 0.271. The summed E-state index contributed by atoms with van der Waals surface area (Å²) in [7, 11) is -3.57. The van der Waals surface area contributed by atoms with E-state index >= 15 is 0 Å². The lowest BCUT2D eigenvalue weighted by molar-refractivity contribution is -0.783. The lowest BCUT2D eigenvalue weighted by Crippen LogP contribution is -2.62. The van der Waals surface area contributed by atoms with Crippen LogP contribution in [0.1, 0.15) is 6.23 Å². The van der Waals surface area contributed by atoms with Crippen molar-refractivity contribution in [2.45, 2.75) is 24.5 Å². The number of H-pyrrole nitrogens is 1. The average molecular weight is 340 g/mol. The van der Waals surface area contributed by atoms with Gasteiger partial charge in [0.25, 0.3) is 0 Å². The van der Waals surface area contributed by atoms with Gasteiger partial charge in [0, 0.05) is 0 Å². The molecule has 2 rings (SSSR count). The smallest absolute Gasteiger partial charge is 0.387 e. The average Bonchev–Trinajstić information content (AvgIpc) is 2.70. The van der Waals surface area contributed by atoms with Crippen LogP contribution in [0.3, 0.4) is 0 Å². The van der Waals surface area contributed by atoms with E-state index in [1.807, 2.05) is 0 Å². The normalized spacial score (nSPS) is 29.0. The molecule has 13 heteroatoms. The zero-order valence-electron chi connectivity index (χ0n) is 11.3. The van der Waals surface area contributed by atoms with Gasteiger partial charge < -0.3 is 24.7 Å². The molecule has 1 saturated heterocycles. The summed E-state index contributed by atoms with van der Waals surface area (Å²) in [4.78, 5) is 42.7. The Balaban J connectivity index is 2.24. The number of nitrogens with zero attached hydrogens (tertiary/aromatic N) is 2. The number of ether oxygens (including phenoxy) is 1. The minimum atomic E-state index is -4.77. The van der Waals surface area contributed by atoms with Crippen molar-refractivity contribution < 1.29 is 38.4 Å². The Bertz CT molecular complexity index is 709. The second-order valence-corrected chi connectivity index (χ2v) is 5.90. The second-order valence-electron chi connectivity index (χ2n) is 4.66. The number of aliphatic hydroxyl groups excluding tert-OH is 2. The molecule has 1 fully saturated rings. The Morgan fingerprint density at radius 3 is 2.64 bits per heavy atom. The first-order valence-corrected chi connectivity index (χ1v) is 7.56. The first-order valence-electron chi connectivity index (χ1n) is 6.03. The zero-order valence-corrected chi connectivity index (χ0v) is 12.2. The molecule has 0 saturated carbocycles. The van der Waals surface area contributed by atoms with Crippen LogP contribution < -0.4 is 15.9 Å². The second kappa shape index (κ2) is 6.01. The first kappa shape index (κ1) is 17.0. The van der Waals surface area contributed by atoms with Crippen LogP contribution in [-0.4, -0.2) is 54.5 Å². The third-order valence-corrected chi connectivity index (χ3v) is 3.64. The van der Waals surface area contributed by atoms with E-state index in [2.05, 4.69) is 9.51 Å². The van der Waals surface area contributed by atoms with Crippen molar-refractivity contribution in [1.82, 2.24) is 9.55 Å². The Labute approximate surface area is 122 Å². The van der Waals surface area contributed by atoms with E-state index in [0.29, 0.717) is 0 Å². The van der Waals surface area contributed by atoms with Crippen molar-refractivity contribution in [2.75, 3.05) is 6.61 Å². The van der Waals surface area contributed by atoms with Crippen molar-refractivity contribution in [3.05, 3.63) is 27.3 Å². The molecular formula is C9H15N3O9P+. The van der Waals surface area contributed by atoms with Gasteiger partial charge in [-0.3, -0.25) is 4.52 Å². The summed E-state index contributed by atoms with van der Waals surface area (Å²) in [6.45, 7) is -0.691. The maximum absolute atomic E-state index is 11.9. The molecule has 22 heavy (non-hydrogen) atoms. The lowest BCUT2D eigenvalue weighted by Gasteiger charge is -2.14. The highest BCUT2D eigenvalue weighted by Crippen LogP contribution is 2.37. The Kier molecular flexibility index (Phi) is 4.63. The third kappa shape index (κ3) is 3.33. The standard InChI is InChI=1S/C9H14N3O9P/c1-11-8(15)10-3-12(9(11)16)7-6(14)5(13)4(21-7)2-20-22(17,18)19/h3-7,13-14H,2H2,1H3,(H2,17,18,19)/p+1/t4-,5-,6-,7-/m1/s1. The number of hydrogen-bond donors (Lipinski definition) is 5. The third-order valence-electron chi connectivity index (χ3n) is 3.16. The van der Waals surface area contributed by atoms with Crippen molar-refractivity contribution in [1.29, 1.82) is 0 Å². The number of aromatic amines is 1. The van der Waals surface area contributed by atoms with Crippen LogP contribution in [0.2, 0.25) is 0 Å². The monoisotopic (exact) mass is 340 g/mol. The molecule has 124 valence electrons. The molecule has 4 atom stereocenters. The summed E-state index contributed by atoms with van der Waals surface area (Å²) in [5, 5.41) is 19.7. The molecule has 1 aliphatic rings. The fourth-order valence-electron chi connectivity index (χ4n) is 1.99. The number of aliphatic hydroxyl groups is 2. The molecule has 12 nitrogen and oxygen atoms in total. The van der Waals surface area contributed by atoms with Gasteiger partial charge in [-0.2, -0.15) is 9.13 Å². The molecule has 5 N–H and O–H groups in total. The van der Waals surface area contributed by atoms with Gasteiger partial charge in [-0.25, -0.2) is 19.1 Å². The molecular weight excluding hydrogens is 325 g/mol. The highest BCUT2D eigenvalue weighted by atomic mass is 31.2. The Morgan fingerprint density at radius 1 is 1.41 bits per heavy atom. The predicted molar refractivity (Wildman–Crippen MR) is 66.4 cm³/mol. The van der Waals surface area contributed by atoms with E-state index in [9.17, 15) is 24.4 Å². The van der Waals surface area contributed by atoms with Crippen molar-refractivity contribution >= 4 is 7.82 Å². The first-order chi connectivity index (χ1) is 10.1. The number of nitrogens with one attached hydrogen (secondary N) is 1. The van der Waals surface area contributed by atoms with E-state index in [4.69, 9.17) is 14.5 Å². The van der Waals surface area contributed by atoms with Gasteiger partial charge in [-0.1, -0.05) is 0 Å². The van der Waals surface area contributed by atoms with Gasteiger partial charge in [0.2, 0.25) is 6.23 Å². The summed E-state index contributed by atoms with van der Waals surface area (Å²) in [5.41, 5.74) is -1.49. The molecule has 0 radical (unpaired) electrons.